The van der Waals surface area contributed by atoms with Crippen molar-refractivity contribution in [1.82, 2.24) is 9.29 Å². The minimum Gasteiger partial charge on any atom is -0.239 e. The van der Waals surface area contributed by atoms with Crippen LogP contribution >= 0.6 is 34.5 Å². The number of benzene rings is 2. The Kier molecular flexibility index (Phi) is 4.50. The van der Waals surface area contributed by atoms with Crippen molar-refractivity contribution in [2.24, 2.45) is 0 Å². The number of aromatic nitrogens is 1. The SMILES string of the molecule is O=S(=O)(c1ccc(Cl)c(Cl)c1)N1CCC[C@@H]1c1nc2ccccc2s1. The van der Waals surface area contributed by atoms with Crippen LogP contribution in [-0.4, -0.2) is 24.3 Å². The quantitative estimate of drug-likeness (QED) is 0.598. The van der Waals surface area contributed by atoms with E-state index in [0.717, 1.165) is 28.1 Å². The second kappa shape index (κ2) is 6.52. The molecule has 1 saturated heterocycles. The van der Waals surface area contributed by atoms with Crippen LogP contribution in [0.2, 0.25) is 10.0 Å². The van der Waals surface area contributed by atoms with Crippen LogP contribution in [0.5, 0.6) is 0 Å². The zero-order valence-electron chi connectivity index (χ0n) is 13.0. The molecule has 4 rings (SSSR count). The van der Waals surface area contributed by atoms with Crippen LogP contribution in [0.15, 0.2) is 47.4 Å². The molecule has 0 spiro atoms. The van der Waals surface area contributed by atoms with Gasteiger partial charge >= 0.3 is 0 Å². The Morgan fingerprint density at radius 3 is 2.68 bits per heavy atom. The van der Waals surface area contributed by atoms with E-state index in [-0.39, 0.29) is 16.0 Å². The normalized spacial score (nSPS) is 18.9. The summed E-state index contributed by atoms with van der Waals surface area (Å²) in [5, 5.41) is 1.41. The molecule has 0 radical (unpaired) electrons. The lowest BCUT2D eigenvalue weighted by Crippen LogP contribution is -2.30. The molecule has 130 valence electrons. The van der Waals surface area contributed by atoms with E-state index in [1.165, 1.54) is 22.5 Å². The summed E-state index contributed by atoms with van der Waals surface area (Å²) in [6.07, 6.45) is 1.57. The molecular weight excluding hydrogens is 399 g/mol. The molecule has 1 fully saturated rings. The van der Waals surface area contributed by atoms with E-state index >= 15 is 0 Å². The monoisotopic (exact) mass is 412 g/mol. The summed E-state index contributed by atoms with van der Waals surface area (Å²) >= 11 is 13.5. The molecule has 0 bridgehead atoms. The maximum absolute atomic E-state index is 13.1. The fourth-order valence-corrected chi connectivity index (χ4v) is 6.31. The minimum atomic E-state index is -3.66. The van der Waals surface area contributed by atoms with E-state index in [1.54, 1.807) is 11.3 Å². The Morgan fingerprint density at radius 2 is 1.92 bits per heavy atom. The summed E-state index contributed by atoms with van der Waals surface area (Å²) in [5.74, 6) is 0. The first kappa shape index (κ1) is 17.2. The van der Waals surface area contributed by atoms with Crippen LogP contribution in [0.25, 0.3) is 10.2 Å². The molecule has 1 aliphatic heterocycles. The lowest BCUT2D eigenvalue weighted by atomic mass is 10.2. The van der Waals surface area contributed by atoms with Crippen LogP contribution in [0.3, 0.4) is 0 Å². The number of rotatable bonds is 3. The zero-order valence-corrected chi connectivity index (χ0v) is 16.2. The van der Waals surface area contributed by atoms with Gasteiger partial charge < -0.3 is 0 Å². The van der Waals surface area contributed by atoms with Crippen molar-refractivity contribution < 1.29 is 8.42 Å². The maximum Gasteiger partial charge on any atom is 0.243 e. The van der Waals surface area contributed by atoms with Gasteiger partial charge in [-0.2, -0.15) is 4.31 Å². The molecule has 1 atom stereocenters. The van der Waals surface area contributed by atoms with Crippen LogP contribution < -0.4 is 0 Å². The number of hydrogen-bond donors (Lipinski definition) is 0. The van der Waals surface area contributed by atoms with Crippen molar-refractivity contribution in [1.29, 1.82) is 0 Å². The number of hydrogen-bond acceptors (Lipinski definition) is 4. The number of thiazole rings is 1. The van der Waals surface area contributed by atoms with Crippen LogP contribution in [0.1, 0.15) is 23.9 Å². The van der Waals surface area contributed by atoms with E-state index in [9.17, 15) is 8.42 Å². The zero-order chi connectivity index (χ0) is 17.6. The van der Waals surface area contributed by atoms with Crippen LogP contribution in [0, 0.1) is 0 Å². The highest BCUT2D eigenvalue weighted by Crippen LogP contribution is 2.40. The molecule has 0 amide bonds. The minimum absolute atomic E-state index is 0.162. The van der Waals surface area contributed by atoms with Gasteiger partial charge in [0.2, 0.25) is 10.0 Å². The van der Waals surface area contributed by atoms with E-state index in [0.29, 0.717) is 11.6 Å². The molecule has 1 aliphatic rings. The Labute approximate surface area is 160 Å². The highest BCUT2D eigenvalue weighted by atomic mass is 35.5. The third kappa shape index (κ3) is 3.06. The number of fused-ring (bicyclic) bond motifs is 1. The predicted molar refractivity (Wildman–Crippen MR) is 102 cm³/mol. The largest absolute Gasteiger partial charge is 0.243 e. The van der Waals surface area contributed by atoms with Gasteiger partial charge in [0.25, 0.3) is 0 Å². The lowest BCUT2D eigenvalue weighted by Gasteiger charge is -2.22. The number of nitrogens with zero attached hydrogens (tertiary/aromatic N) is 2. The predicted octanol–water partition coefficient (Wildman–Crippen LogP) is 5.13. The molecule has 0 saturated carbocycles. The first-order valence-electron chi connectivity index (χ1n) is 7.79. The standard InChI is InChI=1S/C17H14Cl2N2O2S2/c18-12-8-7-11(10-13(12)19)25(22,23)21-9-3-5-15(21)17-20-14-4-1-2-6-16(14)24-17/h1-2,4,6-8,10,15H,3,5,9H2/t15-/m1/s1. The average molecular weight is 413 g/mol. The van der Waals surface area contributed by atoms with Gasteiger partial charge in [0, 0.05) is 6.54 Å². The van der Waals surface area contributed by atoms with Crippen molar-refractivity contribution in [2.45, 2.75) is 23.8 Å². The van der Waals surface area contributed by atoms with Crippen molar-refractivity contribution in [3.05, 3.63) is 57.5 Å². The van der Waals surface area contributed by atoms with Gasteiger partial charge in [0.05, 0.1) is 31.2 Å². The second-order valence-corrected chi connectivity index (χ2v) is 9.64. The summed E-state index contributed by atoms with van der Waals surface area (Å²) < 4.78 is 28.8. The van der Waals surface area contributed by atoms with Gasteiger partial charge in [-0.3, -0.25) is 0 Å². The molecule has 0 unspecified atom stereocenters. The van der Waals surface area contributed by atoms with Crippen molar-refractivity contribution >= 4 is 54.8 Å². The summed E-state index contributed by atoms with van der Waals surface area (Å²) in [7, 11) is -3.66. The molecule has 0 aliphatic carbocycles. The summed E-state index contributed by atoms with van der Waals surface area (Å²) in [4.78, 5) is 4.81. The number of para-hydroxylation sites is 1. The molecular formula is C17H14Cl2N2O2S2. The molecule has 2 heterocycles. The first-order chi connectivity index (χ1) is 12.0. The van der Waals surface area contributed by atoms with Gasteiger partial charge in [-0.1, -0.05) is 35.3 Å². The molecule has 8 heteroatoms. The third-order valence-electron chi connectivity index (χ3n) is 4.30. The van der Waals surface area contributed by atoms with Crippen LogP contribution in [-0.2, 0) is 10.0 Å². The van der Waals surface area contributed by atoms with E-state index in [4.69, 9.17) is 23.2 Å². The lowest BCUT2D eigenvalue weighted by molar-refractivity contribution is 0.396. The Morgan fingerprint density at radius 1 is 1.12 bits per heavy atom. The van der Waals surface area contributed by atoms with Crippen LogP contribution in [0.4, 0.5) is 0 Å². The van der Waals surface area contributed by atoms with Gasteiger partial charge in [-0.15, -0.1) is 11.3 Å². The summed E-state index contributed by atoms with van der Waals surface area (Å²) in [5.41, 5.74) is 0.904. The highest BCUT2D eigenvalue weighted by molar-refractivity contribution is 7.89. The van der Waals surface area contributed by atoms with Crippen molar-refractivity contribution in [3.63, 3.8) is 0 Å². The average Bonchev–Trinajstić information content (AvgIpc) is 3.23. The van der Waals surface area contributed by atoms with Gasteiger partial charge in [0.15, 0.2) is 0 Å². The molecule has 4 nitrogen and oxygen atoms in total. The Balaban J connectivity index is 1.74. The van der Waals surface area contributed by atoms with Gasteiger partial charge in [0.1, 0.15) is 5.01 Å². The Hall–Kier alpha value is -1.18. The smallest absolute Gasteiger partial charge is 0.239 e. The molecule has 0 N–H and O–H groups in total. The van der Waals surface area contributed by atoms with Gasteiger partial charge in [-0.25, -0.2) is 13.4 Å². The number of halogens is 2. The van der Waals surface area contributed by atoms with Crippen molar-refractivity contribution in [3.8, 4) is 0 Å². The van der Waals surface area contributed by atoms with E-state index in [1.807, 2.05) is 24.3 Å². The summed E-state index contributed by atoms with van der Waals surface area (Å²) in [6.45, 7) is 0.475. The topological polar surface area (TPSA) is 50.3 Å². The fraction of sp³-hybridized carbons (Fsp3) is 0.235. The van der Waals surface area contributed by atoms with E-state index < -0.39 is 10.0 Å². The summed E-state index contributed by atoms with van der Waals surface area (Å²) in [6, 6.07) is 12.0. The second-order valence-electron chi connectivity index (χ2n) is 5.87. The third-order valence-corrected chi connectivity index (χ3v) is 8.08. The van der Waals surface area contributed by atoms with E-state index in [2.05, 4.69) is 4.98 Å². The molecule has 2 aromatic carbocycles. The van der Waals surface area contributed by atoms with Crippen molar-refractivity contribution in [2.75, 3.05) is 6.54 Å². The number of sulfonamides is 1. The molecule has 25 heavy (non-hydrogen) atoms. The first-order valence-corrected chi connectivity index (χ1v) is 10.8. The molecule has 3 aromatic rings. The van der Waals surface area contributed by atoms with Gasteiger partial charge in [-0.05, 0) is 43.2 Å². The Bertz CT molecular complexity index is 1020. The highest BCUT2D eigenvalue weighted by Gasteiger charge is 2.38. The molecule has 1 aromatic heterocycles. The maximum atomic E-state index is 13.1. The fourth-order valence-electron chi connectivity index (χ4n) is 3.08.